The molecular formula is C13H18BrNO5S. The number of benzene rings is 1. The van der Waals surface area contributed by atoms with E-state index in [1.165, 1.54) is 19.2 Å². The number of nitrogens with one attached hydrogen (secondary N) is 1. The van der Waals surface area contributed by atoms with Crippen LogP contribution in [0.2, 0.25) is 0 Å². The molecule has 1 aromatic rings. The fourth-order valence-corrected chi connectivity index (χ4v) is 3.55. The maximum Gasteiger partial charge on any atom is 0.336 e. The zero-order valence-electron chi connectivity index (χ0n) is 11.8. The van der Waals surface area contributed by atoms with Crippen LogP contribution < -0.4 is 4.72 Å². The van der Waals surface area contributed by atoms with Crippen LogP contribution in [-0.2, 0) is 14.8 Å². The Morgan fingerprint density at radius 2 is 2.14 bits per heavy atom. The quantitative estimate of drug-likeness (QED) is 0.722. The van der Waals surface area contributed by atoms with Gasteiger partial charge in [0.25, 0.3) is 0 Å². The van der Waals surface area contributed by atoms with Crippen molar-refractivity contribution in [1.82, 2.24) is 4.72 Å². The van der Waals surface area contributed by atoms with Gasteiger partial charge in [0.1, 0.15) is 0 Å². The Kier molecular flexibility index (Phi) is 6.79. The van der Waals surface area contributed by atoms with Crippen LogP contribution in [0, 0.1) is 0 Å². The molecule has 1 aromatic carbocycles. The maximum absolute atomic E-state index is 12.3. The standard InChI is InChI=1S/C13H18BrNO5S/c1-3-4-9(8-20-2)15-21(18,19)10-5-6-12(14)11(7-10)13(16)17/h5-7,9,15H,3-4,8H2,1-2H3,(H,16,17). The zero-order valence-corrected chi connectivity index (χ0v) is 14.2. The van der Waals surface area contributed by atoms with E-state index in [1.54, 1.807) is 0 Å². The minimum atomic E-state index is -3.79. The van der Waals surface area contributed by atoms with E-state index in [2.05, 4.69) is 20.7 Å². The lowest BCUT2D eigenvalue weighted by Gasteiger charge is -2.17. The van der Waals surface area contributed by atoms with Gasteiger partial charge in [-0.3, -0.25) is 0 Å². The summed E-state index contributed by atoms with van der Waals surface area (Å²) in [6, 6.07) is 3.55. The first-order valence-corrected chi connectivity index (χ1v) is 8.63. The number of carboxylic acid groups (broad SMARTS) is 1. The van der Waals surface area contributed by atoms with Gasteiger partial charge in [-0.25, -0.2) is 17.9 Å². The highest BCUT2D eigenvalue weighted by Crippen LogP contribution is 2.21. The van der Waals surface area contributed by atoms with E-state index in [9.17, 15) is 13.2 Å². The van der Waals surface area contributed by atoms with Gasteiger partial charge in [0.05, 0.1) is 17.1 Å². The number of methoxy groups -OCH3 is 1. The van der Waals surface area contributed by atoms with E-state index in [-0.39, 0.29) is 23.1 Å². The van der Waals surface area contributed by atoms with Crippen molar-refractivity contribution in [2.24, 2.45) is 0 Å². The third-order valence-electron chi connectivity index (χ3n) is 2.81. The molecule has 1 rings (SSSR count). The summed E-state index contributed by atoms with van der Waals surface area (Å²) < 4.78 is 32.5. The number of carboxylic acids is 1. The molecule has 1 unspecified atom stereocenters. The number of hydrogen-bond donors (Lipinski definition) is 2. The van der Waals surface area contributed by atoms with Gasteiger partial charge in [-0.2, -0.15) is 0 Å². The molecule has 2 N–H and O–H groups in total. The molecule has 0 spiro atoms. The number of rotatable bonds is 8. The topological polar surface area (TPSA) is 92.7 Å². The molecule has 0 bridgehead atoms. The summed E-state index contributed by atoms with van der Waals surface area (Å²) in [5, 5.41) is 9.04. The molecular weight excluding hydrogens is 362 g/mol. The average Bonchev–Trinajstić information content (AvgIpc) is 2.38. The van der Waals surface area contributed by atoms with Gasteiger partial charge in [-0.05, 0) is 40.5 Å². The lowest BCUT2D eigenvalue weighted by atomic mass is 10.2. The van der Waals surface area contributed by atoms with Gasteiger partial charge in [0.2, 0.25) is 10.0 Å². The maximum atomic E-state index is 12.3. The molecule has 0 aromatic heterocycles. The van der Waals surface area contributed by atoms with Crippen molar-refractivity contribution < 1.29 is 23.1 Å². The Hall–Kier alpha value is -0.960. The van der Waals surface area contributed by atoms with Crippen LogP contribution in [0.4, 0.5) is 0 Å². The van der Waals surface area contributed by atoms with Gasteiger partial charge in [0.15, 0.2) is 0 Å². The minimum absolute atomic E-state index is 0.0830. The highest BCUT2D eigenvalue weighted by atomic mass is 79.9. The van der Waals surface area contributed by atoms with Gasteiger partial charge in [-0.15, -0.1) is 0 Å². The monoisotopic (exact) mass is 379 g/mol. The normalized spacial score (nSPS) is 13.1. The van der Waals surface area contributed by atoms with E-state index in [4.69, 9.17) is 9.84 Å². The van der Waals surface area contributed by atoms with Crippen LogP contribution in [0.3, 0.4) is 0 Å². The fourth-order valence-electron chi connectivity index (χ4n) is 1.85. The number of ether oxygens (including phenoxy) is 1. The number of sulfonamides is 1. The molecule has 8 heteroatoms. The molecule has 0 saturated heterocycles. The van der Waals surface area contributed by atoms with Crippen molar-refractivity contribution in [2.75, 3.05) is 13.7 Å². The van der Waals surface area contributed by atoms with Gasteiger partial charge >= 0.3 is 5.97 Å². The van der Waals surface area contributed by atoms with E-state index in [0.29, 0.717) is 10.9 Å². The lowest BCUT2D eigenvalue weighted by molar-refractivity contribution is 0.0695. The number of carbonyl (C=O) groups is 1. The van der Waals surface area contributed by atoms with E-state index in [0.717, 1.165) is 12.5 Å². The van der Waals surface area contributed by atoms with Crippen LogP contribution in [0.15, 0.2) is 27.6 Å². The first-order valence-electron chi connectivity index (χ1n) is 6.36. The summed E-state index contributed by atoms with van der Waals surface area (Å²) in [4.78, 5) is 11.0. The summed E-state index contributed by atoms with van der Waals surface area (Å²) in [6.45, 7) is 2.20. The second-order valence-electron chi connectivity index (χ2n) is 4.51. The molecule has 118 valence electrons. The van der Waals surface area contributed by atoms with Crippen molar-refractivity contribution in [1.29, 1.82) is 0 Å². The van der Waals surface area contributed by atoms with E-state index >= 15 is 0 Å². The van der Waals surface area contributed by atoms with Crippen LogP contribution in [0.25, 0.3) is 0 Å². The van der Waals surface area contributed by atoms with Crippen LogP contribution in [-0.4, -0.2) is 39.3 Å². The Labute approximate surface area is 132 Å². The Bertz CT molecular complexity index is 597. The third kappa shape index (κ3) is 5.06. The summed E-state index contributed by atoms with van der Waals surface area (Å²) in [7, 11) is -2.29. The van der Waals surface area contributed by atoms with E-state index in [1.807, 2.05) is 6.92 Å². The van der Waals surface area contributed by atoms with Gasteiger partial charge < -0.3 is 9.84 Å². The molecule has 0 amide bonds. The van der Waals surface area contributed by atoms with Crippen molar-refractivity contribution in [3.8, 4) is 0 Å². The second-order valence-corrected chi connectivity index (χ2v) is 7.08. The molecule has 6 nitrogen and oxygen atoms in total. The average molecular weight is 380 g/mol. The second kappa shape index (κ2) is 7.88. The SMILES string of the molecule is CCCC(COC)NS(=O)(=O)c1ccc(Br)c(C(=O)O)c1. The fraction of sp³-hybridized carbons (Fsp3) is 0.462. The smallest absolute Gasteiger partial charge is 0.336 e. The van der Waals surface area contributed by atoms with Crippen molar-refractivity contribution in [3.05, 3.63) is 28.2 Å². The molecule has 0 aliphatic rings. The predicted molar refractivity (Wildman–Crippen MR) is 82.0 cm³/mol. The molecule has 0 radical (unpaired) electrons. The molecule has 1 atom stereocenters. The van der Waals surface area contributed by atoms with Crippen molar-refractivity contribution in [3.63, 3.8) is 0 Å². The van der Waals surface area contributed by atoms with E-state index < -0.39 is 16.0 Å². The molecule has 0 saturated carbocycles. The minimum Gasteiger partial charge on any atom is -0.478 e. The van der Waals surface area contributed by atoms with Gasteiger partial charge in [-0.1, -0.05) is 13.3 Å². The zero-order chi connectivity index (χ0) is 16.0. The Balaban J connectivity index is 3.07. The van der Waals surface area contributed by atoms with Crippen LogP contribution >= 0.6 is 15.9 Å². The molecule has 0 aliphatic heterocycles. The van der Waals surface area contributed by atoms with Crippen LogP contribution in [0.1, 0.15) is 30.1 Å². The molecule has 0 fully saturated rings. The molecule has 21 heavy (non-hydrogen) atoms. The van der Waals surface area contributed by atoms with Crippen molar-refractivity contribution in [2.45, 2.75) is 30.7 Å². The first kappa shape index (κ1) is 18.1. The summed E-state index contributed by atoms with van der Waals surface area (Å²) >= 11 is 3.08. The Morgan fingerprint density at radius 1 is 1.48 bits per heavy atom. The van der Waals surface area contributed by atoms with Crippen LogP contribution in [0.5, 0.6) is 0 Å². The predicted octanol–water partition coefficient (Wildman–Crippen LogP) is 2.24. The lowest BCUT2D eigenvalue weighted by Crippen LogP contribution is -2.37. The molecule has 0 aliphatic carbocycles. The summed E-state index contributed by atoms with van der Waals surface area (Å²) in [5.74, 6) is -1.19. The first-order chi connectivity index (χ1) is 9.81. The largest absolute Gasteiger partial charge is 0.478 e. The third-order valence-corrected chi connectivity index (χ3v) is 5.02. The Morgan fingerprint density at radius 3 is 2.67 bits per heavy atom. The summed E-state index contributed by atoms with van der Waals surface area (Å²) in [5.41, 5.74) is -0.100. The summed E-state index contributed by atoms with van der Waals surface area (Å²) in [6.07, 6.45) is 1.44. The highest BCUT2D eigenvalue weighted by molar-refractivity contribution is 9.10. The number of aromatic carboxylic acids is 1. The number of hydrogen-bond acceptors (Lipinski definition) is 4. The van der Waals surface area contributed by atoms with Gasteiger partial charge in [0, 0.05) is 17.6 Å². The van der Waals surface area contributed by atoms with Crippen molar-refractivity contribution >= 4 is 31.9 Å². The molecule has 0 heterocycles. The highest BCUT2D eigenvalue weighted by Gasteiger charge is 2.21. The number of halogens is 1.